The van der Waals surface area contributed by atoms with E-state index in [1.165, 1.54) is 66.7 Å². The summed E-state index contributed by atoms with van der Waals surface area (Å²) in [6.45, 7) is 7.18. The molecule has 0 atom stereocenters. The predicted octanol–water partition coefficient (Wildman–Crippen LogP) is 7.94. The number of amides is 2. The van der Waals surface area contributed by atoms with Crippen molar-refractivity contribution in [1.29, 1.82) is 0 Å². The van der Waals surface area contributed by atoms with Crippen LogP contribution in [0, 0.1) is 47.9 Å². The van der Waals surface area contributed by atoms with Crippen LogP contribution in [0.3, 0.4) is 0 Å². The monoisotopic (exact) mass is 840 g/mol. The van der Waals surface area contributed by atoms with E-state index >= 15 is 0 Å². The number of carbonyl (C=O) groups excluding carboxylic acids is 2. The SMILES string of the molecule is COc1ccc(N)c(C)c1.COc1ccc(N=C2NC(=O)CS2)c(C)c1.COc1ccc([N+](=O)[O-])c(C)c1.CSC1=NC(=O)CS1.Cc1cc(O)ccc1[N+](=O)[O-]. The van der Waals surface area contributed by atoms with Gasteiger partial charge in [-0.2, -0.15) is 4.99 Å². The van der Waals surface area contributed by atoms with Gasteiger partial charge in [0.25, 0.3) is 17.3 Å². The molecule has 1 saturated heterocycles. The lowest BCUT2D eigenvalue weighted by atomic mass is 10.2. The Morgan fingerprint density at radius 2 is 1.26 bits per heavy atom. The van der Waals surface area contributed by atoms with Gasteiger partial charge >= 0.3 is 0 Å². The smallest absolute Gasteiger partial charge is 0.272 e. The van der Waals surface area contributed by atoms with Crippen LogP contribution >= 0.6 is 35.3 Å². The summed E-state index contributed by atoms with van der Waals surface area (Å²) in [6, 6.07) is 19.8. The van der Waals surface area contributed by atoms with Gasteiger partial charge in [-0.15, -0.1) is 11.8 Å². The molecule has 0 unspecified atom stereocenters. The minimum atomic E-state index is -0.477. The molecule has 16 nitrogen and oxygen atoms in total. The summed E-state index contributed by atoms with van der Waals surface area (Å²) < 4.78 is 15.9. The third-order valence-electron chi connectivity index (χ3n) is 7.38. The Morgan fingerprint density at radius 3 is 1.67 bits per heavy atom. The number of nitrogens with one attached hydrogen (secondary N) is 1. The van der Waals surface area contributed by atoms with Gasteiger partial charge in [-0.05, 0) is 106 Å². The van der Waals surface area contributed by atoms with Gasteiger partial charge in [0.1, 0.15) is 27.4 Å². The van der Waals surface area contributed by atoms with E-state index in [-0.39, 0.29) is 28.9 Å². The molecule has 2 heterocycles. The number of nitro groups is 2. The number of carbonyl (C=O) groups is 2. The largest absolute Gasteiger partial charge is 0.508 e. The van der Waals surface area contributed by atoms with Gasteiger partial charge in [0, 0.05) is 28.9 Å². The molecule has 0 bridgehead atoms. The number of hydrogen-bond donors (Lipinski definition) is 3. The molecule has 0 radical (unpaired) electrons. The zero-order valence-corrected chi connectivity index (χ0v) is 35.0. The molecule has 0 saturated carbocycles. The van der Waals surface area contributed by atoms with Crippen LogP contribution in [0.5, 0.6) is 23.0 Å². The summed E-state index contributed by atoms with van der Waals surface area (Å²) in [6.07, 6.45) is 1.92. The number of nitrogens with zero attached hydrogens (tertiary/aromatic N) is 4. The summed E-state index contributed by atoms with van der Waals surface area (Å²) in [5, 5.41) is 32.9. The molecule has 0 aromatic heterocycles. The highest BCUT2D eigenvalue weighted by molar-refractivity contribution is 8.39. The standard InChI is InChI=1S/C11H12N2O2S.C8H9NO3.C8H11NO.C7H7NO3.C4H5NOS2/c1-7-5-8(15-2)3-4-9(7)12-11-13-10(14)6-16-11;1-6-5-7(12-2)3-4-8(6)9(10)11;1-6-5-7(10-2)3-4-8(6)9;1-5-4-6(9)2-3-7(5)8(10)11;1-7-4-5-3(6)2-8-4/h3-5H,6H2,1-2H3,(H,12,13,14);3-5H,1-2H3;3-5H,9H2,1-2H3;2-4,9H,1H3;2H2,1H3. The van der Waals surface area contributed by atoms with Crippen molar-refractivity contribution in [2.75, 3.05) is 44.8 Å². The molecule has 4 N–H and O–H groups in total. The van der Waals surface area contributed by atoms with Gasteiger partial charge in [0.2, 0.25) is 5.91 Å². The summed E-state index contributed by atoms with van der Waals surface area (Å²) in [4.78, 5) is 49.2. The van der Waals surface area contributed by atoms with Crippen molar-refractivity contribution >= 4 is 79.4 Å². The first-order valence-electron chi connectivity index (χ1n) is 16.6. The van der Waals surface area contributed by atoms with Crippen LogP contribution < -0.4 is 25.3 Å². The lowest BCUT2D eigenvalue weighted by molar-refractivity contribution is -0.385. The Bertz CT molecular complexity index is 2110. The Morgan fingerprint density at radius 1 is 0.754 bits per heavy atom. The number of nitro benzene ring substituents is 2. The number of aliphatic imine (C=N–C) groups is 2. The molecule has 4 aromatic carbocycles. The maximum absolute atomic E-state index is 11.0. The Labute approximate surface area is 343 Å². The number of aryl methyl sites for hydroxylation is 4. The summed E-state index contributed by atoms with van der Waals surface area (Å²) >= 11 is 4.46. The van der Waals surface area contributed by atoms with Crippen LogP contribution in [0.25, 0.3) is 0 Å². The quantitative estimate of drug-likeness (QED) is 0.0951. The molecule has 57 heavy (non-hydrogen) atoms. The summed E-state index contributed by atoms with van der Waals surface area (Å²) in [5.74, 6) is 3.35. The van der Waals surface area contributed by atoms with Gasteiger partial charge in [-0.1, -0.05) is 23.5 Å². The number of hydrogen-bond acceptors (Lipinski definition) is 15. The number of phenolic OH excluding ortho intramolecular Hbond substituents is 1. The van der Waals surface area contributed by atoms with Crippen LogP contribution in [-0.4, -0.2) is 75.4 Å². The normalized spacial score (nSPS) is 13.1. The minimum Gasteiger partial charge on any atom is -0.508 e. The molecular formula is C38H44N6O10S3. The van der Waals surface area contributed by atoms with Gasteiger partial charge in [-0.25, -0.2) is 4.99 Å². The molecule has 6 rings (SSSR count). The highest BCUT2D eigenvalue weighted by Gasteiger charge is 2.17. The van der Waals surface area contributed by atoms with Crippen molar-refractivity contribution in [3.8, 4) is 23.0 Å². The topological polar surface area (TPSA) is 231 Å². The summed E-state index contributed by atoms with van der Waals surface area (Å²) in [7, 11) is 4.80. The second-order valence-electron chi connectivity index (χ2n) is 11.5. The van der Waals surface area contributed by atoms with Gasteiger partial charge < -0.3 is 30.4 Å². The first kappa shape index (κ1) is 47.4. The van der Waals surface area contributed by atoms with Crippen molar-refractivity contribution in [3.05, 3.63) is 115 Å². The van der Waals surface area contributed by atoms with Crippen molar-refractivity contribution < 1.29 is 38.8 Å². The summed E-state index contributed by atoms with van der Waals surface area (Å²) in [5.41, 5.74) is 10.6. The fraction of sp³-hybridized carbons (Fsp3) is 0.263. The number of methoxy groups -OCH3 is 3. The van der Waals surface area contributed by atoms with Crippen LogP contribution in [0.1, 0.15) is 22.3 Å². The number of ether oxygens (including phenoxy) is 3. The fourth-order valence-corrected chi connectivity index (χ4v) is 6.36. The van der Waals surface area contributed by atoms with Crippen molar-refractivity contribution in [3.63, 3.8) is 0 Å². The number of anilines is 1. The second-order valence-corrected chi connectivity index (χ2v) is 14.5. The van der Waals surface area contributed by atoms with Crippen LogP contribution in [-0.2, 0) is 9.59 Å². The highest BCUT2D eigenvalue weighted by Crippen LogP contribution is 2.26. The zero-order chi connectivity index (χ0) is 42.7. The van der Waals surface area contributed by atoms with Crippen molar-refractivity contribution in [1.82, 2.24) is 5.32 Å². The van der Waals surface area contributed by atoms with Gasteiger partial charge in [0.05, 0.1) is 48.4 Å². The number of nitrogen functional groups attached to an aromatic ring is 1. The van der Waals surface area contributed by atoms with Crippen molar-refractivity contribution in [2.45, 2.75) is 27.7 Å². The molecule has 2 aliphatic heterocycles. The first-order valence-corrected chi connectivity index (χ1v) is 19.8. The number of rotatable bonds is 6. The molecular weight excluding hydrogens is 797 g/mol. The average Bonchev–Trinajstić information content (AvgIpc) is 3.80. The van der Waals surface area contributed by atoms with E-state index in [1.54, 1.807) is 40.2 Å². The maximum atomic E-state index is 11.0. The third kappa shape index (κ3) is 16.5. The fourth-order valence-electron chi connectivity index (χ4n) is 4.35. The van der Waals surface area contributed by atoms with E-state index in [9.17, 15) is 29.8 Å². The van der Waals surface area contributed by atoms with E-state index in [2.05, 4.69) is 15.3 Å². The average molecular weight is 841 g/mol. The van der Waals surface area contributed by atoms with E-state index in [4.69, 9.17) is 25.1 Å². The van der Waals surface area contributed by atoms with E-state index in [0.717, 1.165) is 38.4 Å². The van der Waals surface area contributed by atoms with E-state index in [0.29, 0.717) is 33.5 Å². The molecule has 0 aliphatic carbocycles. The molecule has 19 heteroatoms. The van der Waals surface area contributed by atoms with Crippen molar-refractivity contribution in [2.24, 2.45) is 9.98 Å². The van der Waals surface area contributed by atoms with E-state index < -0.39 is 9.85 Å². The van der Waals surface area contributed by atoms with Gasteiger partial charge in [-0.3, -0.25) is 29.8 Å². The maximum Gasteiger partial charge on any atom is 0.272 e. The number of nitrogens with two attached hydrogens (primary N) is 1. The highest BCUT2D eigenvalue weighted by atomic mass is 32.2. The van der Waals surface area contributed by atoms with E-state index in [1.807, 2.05) is 56.5 Å². The van der Waals surface area contributed by atoms with Crippen LogP contribution in [0.2, 0.25) is 0 Å². The Balaban J connectivity index is 0.000000251. The molecule has 0 spiro atoms. The third-order valence-corrected chi connectivity index (χ3v) is 10.3. The van der Waals surface area contributed by atoms with Gasteiger partial charge in [0.15, 0.2) is 5.17 Å². The Kier molecular flexibility index (Phi) is 19.9. The van der Waals surface area contributed by atoms with Crippen LogP contribution in [0.15, 0.2) is 82.8 Å². The molecule has 304 valence electrons. The number of thioether (sulfide) groups is 3. The minimum absolute atomic E-state index is 0.000602. The number of benzene rings is 4. The number of phenols is 1. The molecule has 2 amide bonds. The lowest BCUT2D eigenvalue weighted by Gasteiger charge is -2.04. The lowest BCUT2D eigenvalue weighted by Crippen LogP contribution is -2.19. The molecule has 1 fully saturated rings. The van der Waals surface area contributed by atoms with Crippen LogP contribution in [0.4, 0.5) is 22.7 Å². The predicted molar refractivity (Wildman–Crippen MR) is 230 cm³/mol. The first-order chi connectivity index (χ1) is 27.0. The molecule has 4 aromatic rings. The number of amidine groups is 1. The number of aromatic hydroxyl groups is 1. The Hall–Kier alpha value is -5.79. The second kappa shape index (κ2) is 24.0. The molecule has 2 aliphatic rings. The zero-order valence-electron chi connectivity index (χ0n) is 32.6.